The van der Waals surface area contributed by atoms with Crippen LogP contribution in [0.5, 0.6) is 5.88 Å². The van der Waals surface area contributed by atoms with Crippen molar-refractivity contribution in [1.82, 2.24) is 19.4 Å². The van der Waals surface area contributed by atoms with E-state index in [0.717, 1.165) is 50.5 Å². The summed E-state index contributed by atoms with van der Waals surface area (Å²) in [5, 5.41) is 0.375. The van der Waals surface area contributed by atoms with Crippen molar-refractivity contribution >= 4 is 11.6 Å². The van der Waals surface area contributed by atoms with Crippen LogP contribution in [-0.2, 0) is 24.4 Å². The number of ether oxygens (including phenoxy) is 2. The number of likely N-dealkylation sites (tertiary alicyclic amines) is 1. The molecule has 35 heavy (non-hydrogen) atoms. The van der Waals surface area contributed by atoms with Gasteiger partial charge < -0.3 is 14.0 Å². The van der Waals surface area contributed by atoms with Crippen LogP contribution in [-0.4, -0.2) is 46.2 Å². The predicted molar refractivity (Wildman–Crippen MR) is 133 cm³/mol. The Labute approximate surface area is 211 Å². The second-order valence-corrected chi connectivity index (χ2v) is 9.93. The fourth-order valence-electron chi connectivity index (χ4n) is 4.82. The largest absolute Gasteiger partial charge is 0.473 e. The summed E-state index contributed by atoms with van der Waals surface area (Å²) in [7, 11) is 1.75. The molecule has 2 aromatic heterocycles. The molecule has 5 rings (SSSR count). The Hall–Kier alpha value is -2.48. The van der Waals surface area contributed by atoms with Crippen LogP contribution in [0.4, 0.5) is 4.39 Å². The number of pyridine rings is 1. The van der Waals surface area contributed by atoms with Crippen LogP contribution in [0.25, 0.3) is 0 Å². The van der Waals surface area contributed by atoms with Gasteiger partial charge in [-0.2, -0.15) is 0 Å². The van der Waals surface area contributed by atoms with Gasteiger partial charge in [0.1, 0.15) is 18.2 Å². The summed E-state index contributed by atoms with van der Waals surface area (Å²) in [6.45, 7) is 4.57. The predicted octanol–water partition coefficient (Wildman–Crippen LogP) is 5.55. The van der Waals surface area contributed by atoms with Crippen LogP contribution in [0.15, 0.2) is 42.6 Å². The first-order chi connectivity index (χ1) is 17.1. The maximum absolute atomic E-state index is 14.0. The van der Waals surface area contributed by atoms with Gasteiger partial charge in [-0.05, 0) is 57.0 Å². The lowest BCUT2D eigenvalue weighted by molar-refractivity contribution is 0.176. The molecule has 186 valence electrons. The average Bonchev–Trinajstić information content (AvgIpc) is 3.64. The molecule has 1 aliphatic carbocycles. The molecule has 6 nitrogen and oxygen atoms in total. The average molecular weight is 499 g/mol. The molecule has 3 aromatic rings. The van der Waals surface area contributed by atoms with Gasteiger partial charge in [0.25, 0.3) is 0 Å². The Bertz CT molecular complexity index is 1140. The van der Waals surface area contributed by atoms with Crippen LogP contribution in [0.1, 0.15) is 60.3 Å². The normalized spacial score (nSPS) is 17.1. The van der Waals surface area contributed by atoms with Gasteiger partial charge in [-0.1, -0.05) is 23.7 Å². The minimum absolute atomic E-state index is 0.121. The zero-order chi connectivity index (χ0) is 24.2. The van der Waals surface area contributed by atoms with Crippen molar-refractivity contribution in [3.8, 4) is 5.88 Å². The highest BCUT2D eigenvalue weighted by atomic mass is 35.5. The van der Waals surface area contributed by atoms with Crippen molar-refractivity contribution in [2.24, 2.45) is 0 Å². The zero-order valence-corrected chi connectivity index (χ0v) is 20.9. The molecule has 0 N–H and O–H groups in total. The number of rotatable bonds is 10. The third kappa shape index (κ3) is 6.02. The van der Waals surface area contributed by atoms with Gasteiger partial charge in [0.05, 0.1) is 13.2 Å². The fraction of sp³-hybridized carbons (Fsp3) is 0.481. The highest BCUT2D eigenvalue weighted by molar-refractivity contribution is 6.30. The molecule has 0 atom stereocenters. The van der Waals surface area contributed by atoms with E-state index in [2.05, 4.69) is 21.7 Å². The number of benzene rings is 1. The number of imidazole rings is 1. The van der Waals surface area contributed by atoms with E-state index in [1.54, 1.807) is 19.2 Å². The van der Waals surface area contributed by atoms with E-state index in [0.29, 0.717) is 34.9 Å². The van der Waals surface area contributed by atoms with Crippen LogP contribution in [0.3, 0.4) is 0 Å². The number of halogens is 2. The molecule has 1 aliphatic heterocycles. The fourth-order valence-corrected chi connectivity index (χ4v) is 4.98. The van der Waals surface area contributed by atoms with Gasteiger partial charge in [-0.15, -0.1) is 0 Å². The maximum atomic E-state index is 14.0. The molecule has 0 spiro atoms. The van der Waals surface area contributed by atoms with Crippen molar-refractivity contribution < 1.29 is 13.9 Å². The monoisotopic (exact) mass is 498 g/mol. The molecule has 0 radical (unpaired) electrons. The number of aromatic nitrogens is 3. The molecule has 1 saturated heterocycles. The van der Waals surface area contributed by atoms with Gasteiger partial charge in [-0.25, -0.2) is 14.4 Å². The molecule has 0 amide bonds. The molecule has 3 heterocycles. The van der Waals surface area contributed by atoms with Crippen molar-refractivity contribution in [2.45, 2.75) is 57.2 Å². The van der Waals surface area contributed by atoms with Gasteiger partial charge in [-0.3, -0.25) is 4.90 Å². The number of nitrogens with zero attached hydrogens (tertiary/aromatic N) is 4. The maximum Gasteiger partial charge on any atom is 0.213 e. The Morgan fingerprint density at radius 2 is 1.91 bits per heavy atom. The lowest BCUT2D eigenvalue weighted by Crippen LogP contribution is -2.33. The topological polar surface area (TPSA) is 52.4 Å². The summed E-state index contributed by atoms with van der Waals surface area (Å²) in [5.41, 5.74) is 2.87. The number of hydrogen-bond donors (Lipinski definition) is 0. The van der Waals surface area contributed by atoms with E-state index in [1.165, 1.54) is 24.6 Å². The minimum Gasteiger partial charge on any atom is -0.473 e. The van der Waals surface area contributed by atoms with Crippen molar-refractivity contribution in [2.75, 3.05) is 26.8 Å². The Morgan fingerprint density at radius 1 is 1.09 bits per heavy atom. The lowest BCUT2D eigenvalue weighted by atomic mass is 9.93. The molecule has 0 unspecified atom stereocenters. The highest BCUT2D eigenvalue weighted by Gasteiger charge is 2.29. The van der Waals surface area contributed by atoms with Crippen molar-refractivity contribution in [1.29, 1.82) is 0 Å². The van der Waals surface area contributed by atoms with Gasteiger partial charge in [0.15, 0.2) is 0 Å². The van der Waals surface area contributed by atoms with E-state index in [9.17, 15) is 4.39 Å². The summed E-state index contributed by atoms with van der Waals surface area (Å²) in [4.78, 5) is 12.0. The summed E-state index contributed by atoms with van der Waals surface area (Å²) in [6, 6.07) is 10.5. The smallest absolute Gasteiger partial charge is 0.213 e. The Morgan fingerprint density at radius 3 is 2.66 bits per heavy atom. The highest BCUT2D eigenvalue weighted by Crippen LogP contribution is 2.40. The van der Waals surface area contributed by atoms with Gasteiger partial charge in [0.2, 0.25) is 5.88 Å². The molecule has 2 fully saturated rings. The SMILES string of the molecule is COCCn1c(C2CC2)cnc1CN1CCC(c2cccc(OCc3ccc(Cl)cc3F)n2)CC1. The summed E-state index contributed by atoms with van der Waals surface area (Å²) in [5.74, 6) is 2.36. The van der Waals surface area contributed by atoms with E-state index < -0.39 is 0 Å². The van der Waals surface area contributed by atoms with Crippen LogP contribution in [0, 0.1) is 5.82 Å². The Kier molecular flexibility index (Phi) is 7.66. The molecule has 1 aromatic carbocycles. The molecule has 1 saturated carbocycles. The molecular formula is C27H32ClFN4O2. The standard InChI is InChI=1S/C27H32ClFN4O2/c1-34-14-13-33-25(20-5-6-20)16-30-26(33)17-32-11-9-19(10-12-32)24-3-2-4-27(31-24)35-18-21-7-8-22(28)15-23(21)29/h2-4,7-8,15-16,19-20H,5-6,9-14,17-18H2,1H3. The zero-order valence-electron chi connectivity index (χ0n) is 20.1. The van der Waals surface area contributed by atoms with Gasteiger partial charge >= 0.3 is 0 Å². The summed E-state index contributed by atoms with van der Waals surface area (Å²) < 4.78 is 27.5. The molecule has 8 heteroatoms. The quantitative estimate of drug-likeness (QED) is 0.366. The third-order valence-electron chi connectivity index (χ3n) is 6.99. The second-order valence-electron chi connectivity index (χ2n) is 9.49. The van der Waals surface area contributed by atoms with E-state index in [4.69, 9.17) is 31.0 Å². The van der Waals surface area contributed by atoms with Gasteiger partial charge in [0, 0.05) is 59.7 Å². The van der Waals surface area contributed by atoms with Crippen LogP contribution >= 0.6 is 11.6 Å². The molecular weight excluding hydrogens is 467 g/mol. The van der Waals surface area contributed by atoms with Crippen molar-refractivity contribution in [3.05, 3.63) is 76.2 Å². The van der Waals surface area contributed by atoms with E-state index in [-0.39, 0.29) is 12.4 Å². The summed E-state index contributed by atoms with van der Waals surface area (Å²) >= 11 is 5.83. The van der Waals surface area contributed by atoms with Crippen LogP contribution < -0.4 is 4.74 Å². The summed E-state index contributed by atoms with van der Waals surface area (Å²) in [6.07, 6.45) is 6.69. The molecule has 2 aliphatic rings. The first kappa shape index (κ1) is 24.2. The van der Waals surface area contributed by atoms with E-state index >= 15 is 0 Å². The second kappa shape index (κ2) is 11.1. The first-order valence-electron chi connectivity index (χ1n) is 12.4. The third-order valence-corrected chi connectivity index (χ3v) is 7.23. The minimum atomic E-state index is -0.367. The Balaban J connectivity index is 1.16. The van der Waals surface area contributed by atoms with Crippen LogP contribution in [0.2, 0.25) is 5.02 Å². The number of hydrogen-bond acceptors (Lipinski definition) is 5. The first-order valence-corrected chi connectivity index (χ1v) is 12.8. The number of methoxy groups -OCH3 is 1. The molecule has 0 bridgehead atoms. The van der Waals surface area contributed by atoms with E-state index in [1.807, 2.05) is 12.1 Å². The lowest BCUT2D eigenvalue weighted by Gasteiger charge is -2.31. The number of piperidine rings is 1. The van der Waals surface area contributed by atoms with Crippen molar-refractivity contribution in [3.63, 3.8) is 0 Å².